The number of nitrogens with zero attached hydrogens (tertiary/aromatic N) is 1. The first-order valence-corrected chi connectivity index (χ1v) is 8.01. The fourth-order valence-electron chi connectivity index (χ4n) is 2.15. The van der Waals surface area contributed by atoms with Crippen LogP contribution in [0.25, 0.3) is 0 Å². The van der Waals surface area contributed by atoms with Crippen molar-refractivity contribution in [3.63, 3.8) is 0 Å². The van der Waals surface area contributed by atoms with Crippen molar-refractivity contribution in [1.82, 2.24) is 10.2 Å². The van der Waals surface area contributed by atoms with Crippen LogP contribution in [-0.2, 0) is 11.3 Å². The first kappa shape index (κ1) is 14.0. The van der Waals surface area contributed by atoms with Crippen LogP contribution < -0.4 is 5.32 Å². The van der Waals surface area contributed by atoms with E-state index in [2.05, 4.69) is 34.2 Å². The van der Waals surface area contributed by atoms with E-state index in [1.54, 1.807) is 11.3 Å². The van der Waals surface area contributed by atoms with Gasteiger partial charge in [0.2, 0.25) is 5.91 Å². The molecule has 2 rings (SSSR count). The highest BCUT2D eigenvalue weighted by molar-refractivity contribution is 9.10. The number of amides is 1. The van der Waals surface area contributed by atoms with E-state index in [0.717, 1.165) is 36.9 Å². The molecule has 1 N–H and O–H groups in total. The van der Waals surface area contributed by atoms with Crippen LogP contribution in [0.1, 0.15) is 29.0 Å². The number of carbonyl (C=O) groups is 1. The van der Waals surface area contributed by atoms with E-state index in [-0.39, 0.29) is 5.91 Å². The molecule has 1 aliphatic heterocycles. The third kappa shape index (κ3) is 3.80. The Labute approximate surface area is 121 Å². The molecule has 0 unspecified atom stereocenters. The second-order valence-corrected chi connectivity index (χ2v) is 6.86. The van der Waals surface area contributed by atoms with Gasteiger partial charge in [-0.15, -0.1) is 11.3 Å². The molecule has 0 atom stereocenters. The third-order valence-corrected chi connectivity index (χ3v) is 5.33. The smallest absolute Gasteiger partial charge is 0.236 e. The molecule has 1 amide bonds. The first-order valence-electron chi connectivity index (χ1n) is 6.40. The normalized spacial score (nSPS) is 16.0. The maximum absolute atomic E-state index is 11.9. The third-order valence-electron chi connectivity index (χ3n) is 3.19. The highest BCUT2D eigenvalue weighted by Gasteiger charge is 2.15. The van der Waals surface area contributed by atoms with Crippen molar-refractivity contribution >= 4 is 33.2 Å². The van der Waals surface area contributed by atoms with E-state index < -0.39 is 0 Å². The topological polar surface area (TPSA) is 32.3 Å². The summed E-state index contributed by atoms with van der Waals surface area (Å²) in [5.41, 5.74) is 0. The molecule has 2 heterocycles. The van der Waals surface area contributed by atoms with Gasteiger partial charge in [-0.2, -0.15) is 0 Å². The Morgan fingerprint density at radius 2 is 2.17 bits per heavy atom. The van der Waals surface area contributed by atoms with Gasteiger partial charge in [-0.1, -0.05) is 0 Å². The largest absolute Gasteiger partial charge is 0.342 e. The molecule has 0 saturated carbocycles. The monoisotopic (exact) mass is 330 g/mol. The lowest BCUT2D eigenvalue weighted by Crippen LogP contribution is -2.40. The average Bonchev–Trinajstić information content (AvgIpc) is 2.69. The number of thiophene rings is 1. The van der Waals surface area contributed by atoms with Gasteiger partial charge in [-0.25, -0.2) is 0 Å². The van der Waals surface area contributed by atoms with Crippen LogP contribution in [0.2, 0.25) is 0 Å². The van der Waals surface area contributed by atoms with Gasteiger partial charge in [0.1, 0.15) is 0 Å². The van der Waals surface area contributed by atoms with Crippen molar-refractivity contribution in [3.05, 3.63) is 20.3 Å². The molecule has 1 aromatic heterocycles. The van der Waals surface area contributed by atoms with E-state index in [9.17, 15) is 4.79 Å². The van der Waals surface area contributed by atoms with Crippen LogP contribution in [0.3, 0.4) is 0 Å². The van der Waals surface area contributed by atoms with E-state index in [1.165, 1.54) is 16.2 Å². The molecule has 0 bridgehead atoms. The van der Waals surface area contributed by atoms with Crippen molar-refractivity contribution in [2.75, 3.05) is 19.6 Å². The summed E-state index contributed by atoms with van der Waals surface area (Å²) < 4.78 is 1.16. The molecule has 3 nitrogen and oxygen atoms in total. The minimum absolute atomic E-state index is 0.238. The molecule has 0 radical (unpaired) electrons. The van der Waals surface area contributed by atoms with Gasteiger partial charge >= 0.3 is 0 Å². The number of likely N-dealkylation sites (tertiary alicyclic amines) is 1. The molecule has 0 aromatic carbocycles. The lowest BCUT2D eigenvalue weighted by atomic mass is 10.1. The zero-order valence-corrected chi connectivity index (χ0v) is 13.1. The van der Waals surface area contributed by atoms with Gasteiger partial charge in [0.05, 0.1) is 6.54 Å². The van der Waals surface area contributed by atoms with Gasteiger partial charge in [0.15, 0.2) is 0 Å². The fourth-order valence-corrected chi connectivity index (χ4v) is 3.72. The van der Waals surface area contributed by atoms with Crippen LogP contribution in [0.4, 0.5) is 0 Å². The Bertz CT molecular complexity index is 394. The minimum atomic E-state index is 0.238. The Hall–Kier alpha value is -0.390. The molecular weight excluding hydrogens is 312 g/mol. The number of aryl methyl sites for hydroxylation is 1. The van der Waals surface area contributed by atoms with Gasteiger partial charge in [-0.3, -0.25) is 4.79 Å². The Morgan fingerprint density at radius 3 is 2.78 bits per heavy atom. The second-order valence-electron chi connectivity index (χ2n) is 4.66. The molecule has 100 valence electrons. The number of hydrogen-bond acceptors (Lipinski definition) is 3. The minimum Gasteiger partial charge on any atom is -0.342 e. The highest BCUT2D eigenvalue weighted by atomic mass is 79.9. The molecule has 0 spiro atoms. The van der Waals surface area contributed by atoms with Gasteiger partial charge in [-0.05, 0) is 48.2 Å². The predicted molar refractivity (Wildman–Crippen MR) is 78.9 cm³/mol. The zero-order chi connectivity index (χ0) is 13.0. The summed E-state index contributed by atoms with van der Waals surface area (Å²) >= 11 is 5.27. The zero-order valence-electron chi connectivity index (χ0n) is 10.7. The molecule has 1 aliphatic rings. The molecule has 0 aliphatic carbocycles. The van der Waals surface area contributed by atoms with Crippen molar-refractivity contribution in [1.29, 1.82) is 0 Å². The first-order chi connectivity index (χ1) is 8.66. The van der Waals surface area contributed by atoms with Crippen LogP contribution in [0, 0.1) is 6.92 Å². The maximum Gasteiger partial charge on any atom is 0.236 e. The lowest BCUT2D eigenvalue weighted by molar-refractivity contribution is -0.131. The van der Waals surface area contributed by atoms with E-state index in [4.69, 9.17) is 0 Å². The van der Waals surface area contributed by atoms with E-state index >= 15 is 0 Å². The summed E-state index contributed by atoms with van der Waals surface area (Å²) in [7, 11) is 0. The van der Waals surface area contributed by atoms with Crippen molar-refractivity contribution in [2.45, 2.75) is 32.7 Å². The summed E-state index contributed by atoms with van der Waals surface area (Å²) in [6, 6.07) is 2.12. The highest BCUT2D eigenvalue weighted by Crippen LogP contribution is 2.26. The fraction of sp³-hybridized carbons (Fsp3) is 0.615. The van der Waals surface area contributed by atoms with Crippen molar-refractivity contribution in [3.8, 4) is 0 Å². The summed E-state index contributed by atoms with van der Waals surface area (Å²) in [5, 5.41) is 3.24. The average molecular weight is 331 g/mol. The number of piperidine rings is 1. The summed E-state index contributed by atoms with van der Waals surface area (Å²) in [6.45, 7) is 5.19. The molecule has 18 heavy (non-hydrogen) atoms. The molecule has 1 fully saturated rings. The molecule has 5 heteroatoms. The number of nitrogens with one attached hydrogen (secondary N) is 1. The van der Waals surface area contributed by atoms with Gasteiger partial charge in [0.25, 0.3) is 0 Å². The van der Waals surface area contributed by atoms with Crippen LogP contribution >= 0.6 is 27.3 Å². The molecular formula is C13H19BrN2OS. The quantitative estimate of drug-likeness (QED) is 0.920. The number of carbonyl (C=O) groups excluding carboxylic acids is 1. The van der Waals surface area contributed by atoms with Crippen molar-refractivity contribution in [2.24, 2.45) is 0 Å². The van der Waals surface area contributed by atoms with E-state index in [1.807, 2.05) is 4.90 Å². The van der Waals surface area contributed by atoms with Crippen LogP contribution in [-0.4, -0.2) is 30.4 Å². The van der Waals surface area contributed by atoms with Gasteiger partial charge < -0.3 is 10.2 Å². The Morgan fingerprint density at radius 1 is 1.44 bits per heavy atom. The number of rotatable bonds is 4. The Balaban J connectivity index is 1.72. The second kappa shape index (κ2) is 6.68. The van der Waals surface area contributed by atoms with E-state index in [0.29, 0.717) is 6.54 Å². The van der Waals surface area contributed by atoms with Crippen molar-refractivity contribution < 1.29 is 4.79 Å². The standard InChI is InChI=1S/C13H19BrN2OS/c1-10-12(14)7-11(18-10)8-15-9-13(17)16-5-3-2-4-6-16/h7,15H,2-6,8-9H2,1H3. The van der Waals surface area contributed by atoms with Crippen LogP contribution in [0.15, 0.2) is 10.5 Å². The molecule has 1 saturated heterocycles. The maximum atomic E-state index is 11.9. The number of halogens is 1. The summed E-state index contributed by atoms with van der Waals surface area (Å²) in [5.74, 6) is 0.238. The summed E-state index contributed by atoms with van der Waals surface area (Å²) in [6.07, 6.45) is 3.57. The molecule has 1 aromatic rings. The Kier molecular flexibility index (Phi) is 5.21. The van der Waals surface area contributed by atoms with Crippen LogP contribution in [0.5, 0.6) is 0 Å². The lowest BCUT2D eigenvalue weighted by Gasteiger charge is -2.26. The van der Waals surface area contributed by atoms with Gasteiger partial charge in [0, 0.05) is 33.9 Å². The SMILES string of the molecule is Cc1sc(CNCC(=O)N2CCCCC2)cc1Br. The summed E-state index contributed by atoms with van der Waals surface area (Å²) in [4.78, 5) is 16.5. The number of hydrogen-bond donors (Lipinski definition) is 1. The predicted octanol–water partition coefficient (Wildman–Crippen LogP) is 2.92.